The molecular formula is C13H18ClFN2O. The van der Waals surface area contributed by atoms with Gasteiger partial charge in [0.2, 0.25) is 0 Å². The average molecular weight is 273 g/mol. The molecule has 2 atom stereocenters. The predicted octanol–water partition coefficient (Wildman–Crippen LogP) is 2.20. The van der Waals surface area contributed by atoms with Gasteiger partial charge in [-0.3, -0.25) is 4.90 Å². The molecule has 2 rings (SSSR count). The van der Waals surface area contributed by atoms with Gasteiger partial charge in [-0.05, 0) is 31.2 Å². The van der Waals surface area contributed by atoms with Crippen LogP contribution in [0.4, 0.5) is 4.39 Å². The minimum absolute atomic E-state index is 0.0369. The number of nitrogens with two attached hydrogens (primary N) is 1. The molecule has 0 aliphatic carbocycles. The summed E-state index contributed by atoms with van der Waals surface area (Å²) in [6, 6.07) is 5.18. The van der Waals surface area contributed by atoms with Gasteiger partial charge in [0, 0.05) is 25.2 Å². The van der Waals surface area contributed by atoms with Crippen LogP contribution in [0.25, 0.3) is 0 Å². The van der Waals surface area contributed by atoms with Crippen LogP contribution in [0.2, 0.25) is 5.02 Å². The van der Waals surface area contributed by atoms with E-state index in [0.29, 0.717) is 12.6 Å². The molecular weight excluding hydrogens is 255 g/mol. The summed E-state index contributed by atoms with van der Waals surface area (Å²) in [4.78, 5) is 2.19. The Hall–Kier alpha value is -0.680. The fraction of sp³-hybridized carbons (Fsp3) is 0.538. The van der Waals surface area contributed by atoms with Crippen molar-refractivity contribution in [3.05, 3.63) is 34.6 Å². The maximum atomic E-state index is 13.2. The van der Waals surface area contributed by atoms with Crippen LogP contribution in [0.1, 0.15) is 18.0 Å². The summed E-state index contributed by atoms with van der Waals surface area (Å²) in [5, 5.41) is 0.141. The Labute approximate surface area is 112 Å². The number of hydrogen-bond donors (Lipinski definition) is 1. The smallest absolute Gasteiger partial charge is 0.141 e. The number of likely N-dealkylation sites (N-methyl/N-ethyl adjacent to an activating group) is 1. The van der Waals surface area contributed by atoms with E-state index in [1.165, 1.54) is 6.07 Å². The third-order valence-electron chi connectivity index (χ3n) is 3.52. The van der Waals surface area contributed by atoms with Crippen molar-refractivity contribution in [2.24, 2.45) is 5.73 Å². The maximum absolute atomic E-state index is 13.2. The molecule has 1 heterocycles. The van der Waals surface area contributed by atoms with Crippen LogP contribution in [-0.2, 0) is 4.74 Å². The van der Waals surface area contributed by atoms with E-state index in [4.69, 9.17) is 22.1 Å². The summed E-state index contributed by atoms with van der Waals surface area (Å²) in [6.45, 7) is 1.98. The highest BCUT2D eigenvalue weighted by Crippen LogP contribution is 2.26. The van der Waals surface area contributed by atoms with Crippen molar-refractivity contribution < 1.29 is 9.13 Å². The molecule has 2 unspecified atom stereocenters. The van der Waals surface area contributed by atoms with Crippen molar-refractivity contribution in [1.82, 2.24) is 4.90 Å². The van der Waals surface area contributed by atoms with Crippen molar-refractivity contribution in [3.8, 4) is 0 Å². The molecule has 5 heteroatoms. The van der Waals surface area contributed by atoms with E-state index in [-0.39, 0.29) is 11.1 Å². The van der Waals surface area contributed by atoms with Gasteiger partial charge in [-0.25, -0.2) is 4.39 Å². The van der Waals surface area contributed by atoms with E-state index in [9.17, 15) is 4.39 Å². The molecule has 100 valence electrons. The number of nitrogens with zero attached hydrogens (tertiary/aromatic N) is 1. The van der Waals surface area contributed by atoms with Gasteiger partial charge in [-0.15, -0.1) is 0 Å². The summed E-state index contributed by atoms with van der Waals surface area (Å²) >= 11 is 5.82. The molecule has 1 aliphatic rings. The van der Waals surface area contributed by atoms with Gasteiger partial charge in [-0.1, -0.05) is 17.7 Å². The molecule has 18 heavy (non-hydrogen) atoms. The normalized spacial score (nSPS) is 21.5. The summed E-state index contributed by atoms with van der Waals surface area (Å²) in [5.74, 6) is -0.400. The molecule has 0 saturated carbocycles. The van der Waals surface area contributed by atoms with Gasteiger partial charge >= 0.3 is 0 Å². The monoisotopic (exact) mass is 272 g/mol. The second kappa shape index (κ2) is 5.97. The van der Waals surface area contributed by atoms with Gasteiger partial charge in [0.15, 0.2) is 0 Å². The second-order valence-electron chi connectivity index (χ2n) is 4.61. The second-order valence-corrected chi connectivity index (χ2v) is 5.02. The fourth-order valence-electron chi connectivity index (χ4n) is 2.35. The topological polar surface area (TPSA) is 38.5 Å². The largest absolute Gasteiger partial charge is 0.380 e. The van der Waals surface area contributed by atoms with Crippen LogP contribution in [0.5, 0.6) is 0 Å². The summed E-state index contributed by atoms with van der Waals surface area (Å²) in [7, 11) is 2.02. The first-order valence-corrected chi connectivity index (χ1v) is 6.46. The lowest BCUT2D eigenvalue weighted by molar-refractivity contribution is 0.134. The standard InChI is InChI=1S/C13H18ClFN2O/c1-17(10-4-5-18-8-10)13(7-16)9-2-3-12(15)11(14)6-9/h2-3,6,10,13H,4-5,7-8,16H2,1H3. The lowest BCUT2D eigenvalue weighted by Crippen LogP contribution is -2.38. The van der Waals surface area contributed by atoms with Crippen LogP contribution in [0, 0.1) is 5.82 Å². The molecule has 1 saturated heterocycles. The van der Waals surface area contributed by atoms with Gasteiger partial charge in [0.1, 0.15) is 5.82 Å². The number of rotatable bonds is 4. The quantitative estimate of drug-likeness (QED) is 0.913. The van der Waals surface area contributed by atoms with E-state index in [1.54, 1.807) is 12.1 Å². The third-order valence-corrected chi connectivity index (χ3v) is 3.81. The molecule has 1 fully saturated rings. The Balaban J connectivity index is 2.18. The molecule has 0 amide bonds. The minimum Gasteiger partial charge on any atom is -0.380 e. The predicted molar refractivity (Wildman–Crippen MR) is 70.2 cm³/mol. The number of halogens is 2. The molecule has 0 bridgehead atoms. The summed E-state index contributed by atoms with van der Waals surface area (Å²) < 4.78 is 18.6. The van der Waals surface area contributed by atoms with Crippen LogP contribution < -0.4 is 5.73 Å². The Morgan fingerprint density at radius 1 is 1.61 bits per heavy atom. The van der Waals surface area contributed by atoms with E-state index in [2.05, 4.69) is 4.90 Å². The van der Waals surface area contributed by atoms with E-state index in [1.807, 2.05) is 7.05 Å². The lowest BCUT2D eigenvalue weighted by atomic mass is 10.0. The molecule has 0 spiro atoms. The average Bonchev–Trinajstić information content (AvgIpc) is 2.88. The summed E-state index contributed by atoms with van der Waals surface area (Å²) in [6.07, 6.45) is 1.00. The first kappa shape index (κ1) is 13.7. The van der Waals surface area contributed by atoms with E-state index >= 15 is 0 Å². The Kier molecular flexibility index (Phi) is 4.56. The fourth-order valence-corrected chi connectivity index (χ4v) is 2.54. The SMILES string of the molecule is CN(C1CCOC1)C(CN)c1ccc(F)c(Cl)c1. The highest BCUT2D eigenvalue weighted by atomic mass is 35.5. The van der Waals surface area contributed by atoms with Crippen LogP contribution in [0.3, 0.4) is 0 Å². The molecule has 1 aromatic carbocycles. The number of ether oxygens (including phenoxy) is 1. The first-order valence-electron chi connectivity index (χ1n) is 6.08. The van der Waals surface area contributed by atoms with Crippen LogP contribution in [-0.4, -0.2) is 37.7 Å². The number of benzene rings is 1. The van der Waals surface area contributed by atoms with Gasteiger partial charge in [0.25, 0.3) is 0 Å². The minimum atomic E-state index is -0.400. The zero-order valence-corrected chi connectivity index (χ0v) is 11.2. The van der Waals surface area contributed by atoms with Crippen molar-refractivity contribution in [2.75, 3.05) is 26.8 Å². The zero-order valence-electron chi connectivity index (χ0n) is 10.4. The van der Waals surface area contributed by atoms with Crippen LogP contribution in [0.15, 0.2) is 18.2 Å². The Bertz CT molecular complexity index is 410. The molecule has 1 aliphatic heterocycles. The van der Waals surface area contributed by atoms with Gasteiger partial charge < -0.3 is 10.5 Å². The first-order chi connectivity index (χ1) is 8.63. The highest BCUT2D eigenvalue weighted by Gasteiger charge is 2.26. The van der Waals surface area contributed by atoms with Crippen molar-refractivity contribution in [2.45, 2.75) is 18.5 Å². The van der Waals surface area contributed by atoms with E-state index < -0.39 is 5.82 Å². The molecule has 3 nitrogen and oxygen atoms in total. The van der Waals surface area contributed by atoms with Crippen molar-refractivity contribution in [1.29, 1.82) is 0 Å². The van der Waals surface area contributed by atoms with Gasteiger partial charge in [0.05, 0.1) is 11.6 Å². The Morgan fingerprint density at radius 2 is 2.39 bits per heavy atom. The maximum Gasteiger partial charge on any atom is 0.141 e. The van der Waals surface area contributed by atoms with E-state index in [0.717, 1.165) is 25.2 Å². The third kappa shape index (κ3) is 2.83. The zero-order chi connectivity index (χ0) is 13.1. The molecule has 2 N–H and O–H groups in total. The Morgan fingerprint density at radius 3 is 2.94 bits per heavy atom. The molecule has 1 aromatic rings. The number of hydrogen-bond acceptors (Lipinski definition) is 3. The highest BCUT2D eigenvalue weighted by molar-refractivity contribution is 6.30. The van der Waals surface area contributed by atoms with Crippen molar-refractivity contribution in [3.63, 3.8) is 0 Å². The van der Waals surface area contributed by atoms with Crippen molar-refractivity contribution >= 4 is 11.6 Å². The molecule has 0 aromatic heterocycles. The van der Waals surface area contributed by atoms with Gasteiger partial charge in [-0.2, -0.15) is 0 Å². The summed E-state index contributed by atoms with van der Waals surface area (Å²) in [5.41, 5.74) is 6.79. The molecule has 0 radical (unpaired) electrons. The van der Waals surface area contributed by atoms with Crippen LogP contribution >= 0.6 is 11.6 Å². The lowest BCUT2D eigenvalue weighted by Gasteiger charge is -2.31.